The molecule has 0 aliphatic heterocycles. The summed E-state index contributed by atoms with van der Waals surface area (Å²) in [7, 11) is 1.72. The van der Waals surface area contributed by atoms with Crippen molar-refractivity contribution in [2.24, 2.45) is 0 Å². The summed E-state index contributed by atoms with van der Waals surface area (Å²) in [6.07, 6.45) is 24.2. The summed E-state index contributed by atoms with van der Waals surface area (Å²) < 4.78 is 0. The Bertz CT molecular complexity index is 240. The average molecular weight is 326 g/mol. The Kier molecular flexibility index (Phi) is 19.1. The van der Waals surface area contributed by atoms with Gasteiger partial charge in [-0.15, -0.1) is 0 Å². The van der Waals surface area contributed by atoms with E-state index in [0.29, 0.717) is 6.42 Å². The van der Waals surface area contributed by atoms with Crippen molar-refractivity contribution in [1.82, 2.24) is 5.32 Å². The van der Waals surface area contributed by atoms with Gasteiger partial charge in [0.1, 0.15) is 0 Å². The van der Waals surface area contributed by atoms with Gasteiger partial charge < -0.3 is 5.32 Å². The van der Waals surface area contributed by atoms with Crippen LogP contribution in [0.1, 0.15) is 122 Å². The highest BCUT2D eigenvalue weighted by molar-refractivity contribution is 5.75. The zero-order valence-electron chi connectivity index (χ0n) is 16.1. The largest absolute Gasteiger partial charge is 0.359 e. The summed E-state index contributed by atoms with van der Waals surface area (Å²) in [5.74, 6) is 0.186. The standard InChI is InChI=1S/C21H43NO/c1-3-4-5-6-7-8-9-10-11-12-13-14-15-16-17-18-19-20-21(23)22-2/h3-20H2,1-2H3,(H,22,23). The molecule has 0 aromatic rings. The van der Waals surface area contributed by atoms with Crippen LogP contribution in [0.15, 0.2) is 0 Å². The first-order valence-electron chi connectivity index (χ1n) is 10.5. The second-order valence-corrected chi connectivity index (χ2v) is 7.08. The Balaban J connectivity index is 2.99. The fourth-order valence-electron chi connectivity index (χ4n) is 3.14. The lowest BCUT2D eigenvalue weighted by molar-refractivity contribution is -0.120. The van der Waals surface area contributed by atoms with E-state index in [4.69, 9.17) is 0 Å². The molecule has 0 heterocycles. The van der Waals surface area contributed by atoms with E-state index in [1.54, 1.807) is 7.05 Å². The molecule has 0 rings (SSSR count). The van der Waals surface area contributed by atoms with Crippen molar-refractivity contribution in [3.8, 4) is 0 Å². The molecule has 0 radical (unpaired) electrons. The van der Waals surface area contributed by atoms with Crippen molar-refractivity contribution in [2.45, 2.75) is 122 Å². The Hall–Kier alpha value is -0.530. The minimum atomic E-state index is 0.186. The summed E-state index contributed by atoms with van der Waals surface area (Å²) in [5, 5.41) is 2.68. The summed E-state index contributed by atoms with van der Waals surface area (Å²) in [5.41, 5.74) is 0. The molecule has 0 fully saturated rings. The van der Waals surface area contributed by atoms with Crippen LogP contribution in [-0.2, 0) is 4.79 Å². The fraction of sp³-hybridized carbons (Fsp3) is 0.952. The zero-order valence-corrected chi connectivity index (χ0v) is 16.1. The van der Waals surface area contributed by atoms with Crippen LogP contribution in [0.3, 0.4) is 0 Å². The highest BCUT2D eigenvalue weighted by Crippen LogP contribution is 2.14. The molecule has 0 aliphatic carbocycles. The fourth-order valence-corrected chi connectivity index (χ4v) is 3.14. The number of amides is 1. The molecule has 1 N–H and O–H groups in total. The number of carbonyl (C=O) groups excluding carboxylic acids is 1. The average Bonchev–Trinajstić information content (AvgIpc) is 2.57. The van der Waals surface area contributed by atoms with E-state index < -0.39 is 0 Å². The minimum absolute atomic E-state index is 0.186. The molecule has 0 aromatic carbocycles. The third-order valence-electron chi connectivity index (χ3n) is 4.79. The van der Waals surface area contributed by atoms with Gasteiger partial charge in [-0.25, -0.2) is 0 Å². The number of nitrogens with one attached hydrogen (secondary N) is 1. The van der Waals surface area contributed by atoms with E-state index in [0.717, 1.165) is 6.42 Å². The van der Waals surface area contributed by atoms with Crippen LogP contribution in [0.2, 0.25) is 0 Å². The summed E-state index contributed by atoms with van der Waals surface area (Å²) in [6.45, 7) is 2.29. The van der Waals surface area contributed by atoms with Gasteiger partial charge >= 0.3 is 0 Å². The Morgan fingerprint density at radius 1 is 0.565 bits per heavy atom. The second kappa shape index (κ2) is 19.5. The van der Waals surface area contributed by atoms with Gasteiger partial charge in [0.2, 0.25) is 5.91 Å². The van der Waals surface area contributed by atoms with E-state index in [1.807, 2.05) is 0 Å². The van der Waals surface area contributed by atoms with Crippen LogP contribution >= 0.6 is 0 Å². The summed E-state index contributed by atoms with van der Waals surface area (Å²) in [4.78, 5) is 11.1. The topological polar surface area (TPSA) is 29.1 Å². The van der Waals surface area contributed by atoms with Gasteiger partial charge in [-0.3, -0.25) is 4.79 Å². The maximum atomic E-state index is 11.1. The third-order valence-corrected chi connectivity index (χ3v) is 4.79. The Labute approximate surface area is 146 Å². The van der Waals surface area contributed by atoms with Gasteiger partial charge in [0.15, 0.2) is 0 Å². The highest BCUT2D eigenvalue weighted by atomic mass is 16.1. The molecule has 1 amide bonds. The lowest BCUT2D eigenvalue weighted by atomic mass is 10.0. The van der Waals surface area contributed by atoms with Crippen LogP contribution in [-0.4, -0.2) is 13.0 Å². The monoisotopic (exact) mass is 325 g/mol. The van der Waals surface area contributed by atoms with Crippen molar-refractivity contribution in [3.05, 3.63) is 0 Å². The molecular weight excluding hydrogens is 282 g/mol. The van der Waals surface area contributed by atoms with E-state index in [-0.39, 0.29) is 5.91 Å². The predicted molar refractivity (Wildman–Crippen MR) is 103 cm³/mol. The van der Waals surface area contributed by atoms with Crippen molar-refractivity contribution in [2.75, 3.05) is 7.05 Å². The molecule has 2 nitrogen and oxygen atoms in total. The highest BCUT2D eigenvalue weighted by Gasteiger charge is 1.97. The molecule has 0 atom stereocenters. The van der Waals surface area contributed by atoms with Crippen LogP contribution < -0.4 is 5.32 Å². The van der Waals surface area contributed by atoms with Crippen molar-refractivity contribution in [3.63, 3.8) is 0 Å². The maximum Gasteiger partial charge on any atom is 0.219 e. The first-order valence-corrected chi connectivity index (χ1v) is 10.5. The Morgan fingerprint density at radius 2 is 0.870 bits per heavy atom. The summed E-state index contributed by atoms with van der Waals surface area (Å²) >= 11 is 0. The second-order valence-electron chi connectivity index (χ2n) is 7.08. The molecule has 2 heteroatoms. The van der Waals surface area contributed by atoms with Gasteiger partial charge in [0, 0.05) is 13.5 Å². The van der Waals surface area contributed by atoms with Crippen LogP contribution in [0.4, 0.5) is 0 Å². The quantitative estimate of drug-likeness (QED) is 0.277. The van der Waals surface area contributed by atoms with Gasteiger partial charge in [-0.2, -0.15) is 0 Å². The Morgan fingerprint density at radius 3 is 1.17 bits per heavy atom. The molecule has 0 aromatic heterocycles. The maximum absolute atomic E-state index is 11.1. The van der Waals surface area contributed by atoms with Gasteiger partial charge in [-0.05, 0) is 6.42 Å². The predicted octanol–water partition coefficient (Wildman–Crippen LogP) is 6.77. The van der Waals surface area contributed by atoms with Gasteiger partial charge in [-0.1, -0.05) is 110 Å². The van der Waals surface area contributed by atoms with Crippen molar-refractivity contribution < 1.29 is 4.79 Å². The molecule has 0 bridgehead atoms. The molecule has 0 aliphatic rings. The van der Waals surface area contributed by atoms with E-state index in [2.05, 4.69) is 12.2 Å². The molecule has 23 heavy (non-hydrogen) atoms. The van der Waals surface area contributed by atoms with E-state index in [9.17, 15) is 4.79 Å². The normalized spacial score (nSPS) is 10.9. The van der Waals surface area contributed by atoms with E-state index in [1.165, 1.54) is 103 Å². The number of carbonyl (C=O) groups is 1. The van der Waals surface area contributed by atoms with Crippen LogP contribution in [0.5, 0.6) is 0 Å². The zero-order chi connectivity index (χ0) is 17.0. The van der Waals surface area contributed by atoms with Gasteiger partial charge in [0.05, 0.1) is 0 Å². The first-order chi connectivity index (χ1) is 11.3. The number of rotatable bonds is 18. The molecule has 0 saturated carbocycles. The third kappa shape index (κ3) is 19.4. The summed E-state index contributed by atoms with van der Waals surface area (Å²) in [6, 6.07) is 0. The van der Waals surface area contributed by atoms with Crippen LogP contribution in [0.25, 0.3) is 0 Å². The SMILES string of the molecule is CCCCCCCCCCCCCCCCCCCC(=O)NC. The molecule has 0 spiro atoms. The smallest absolute Gasteiger partial charge is 0.219 e. The number of hydrogen-bond acceptors (Lipinski definition) is 1. The lowest BCUT2D eigenvalue weighted by Crippen LogP contribution is -2.16. The number of unbranched alkanes of at least 4 members (excludes halogenated alkanes) is 16. The first kappa shape index (κ1) is 22.5. The minimum Gasteiger partial charge on any atom is -0.359 e. The molecule has 0 unspecified atom stereocenters. The molecule has 138 valence electrons. The van der Waals surface area contributed by atoms with Crippen LogP contribution in [0, 0.1) is 0 Å². The van der Waals surface area contributed by atoms with E-state index >= 15 is 0 Å². The van der Waals surface area contributed by atoms with Gasteiger partial charge in [0.25, 0.3) is 0 Å². The van der Waals surface area contributed by atoms with Crippen molar-refractivity contribution >= 4 is 5.91 Å². The molecular formula is C21H43NO. The molecule has 0 saturated heterocycles. The lowest BCUT2D eigenvalue weighted by Gasteiger charge is -2.03. The number of hydrogen-bond donors (Lipinski definition) is 1. The van der Waals surface area contributed by atoms with Crippen molar-refractivity contribution in [1.29, 1.82) is 0 Å².